The molecule has 0 aliphatic heterocycles. The second-order valence-electron chi connectivity index (χ2n) is 4.36. The monoisotopic (exact) mass is 269 g/mol. The minimum absolute atomic E-state index is 0.0886. The van der Waals surface area contributed by atoms with Crippen LogP contribution in [0.15, 0.2) is 36.4 Å². The summed E-state index contributed by atoms with van der Waals surface area (Å²) in [5, 5.41) is 8.89. The van der Waals surface area contributed by atoms with Crippen molar-refractivity contribution in [3.05, 3.63) is 58.9 Å². The lowest BCUT2D eigenvalue weighted by atomic mass is 10.1. The minimum Gasteiger partial charge on any atom is -0.456 e. The van der Waals surface area contributed by atoms with E-state index in [1.807, 2.05) is 13.0 Å². The molecule has 0 saturated carbocycles. The first-order valence-corrected chi connectivity index (χ1v) is 6.01. The summed E-state index contributed by atoms with van der Waals surface area (Å²) >= 11 is 0. The molecule has 20 heavy (non-hydrogen) atoms. The lowest BCUT2D eigenvalue weighted by Gasteiger charge is -2.12. The fourth-order valence-electron chi connectivity index (χ4n) is 1.83. The van der Waals surface area contributed by atoms with Crippen molar-refractivity contribution in [2.75, 3.05) is 0 Å². The van der Waals surface area contributed by atoms with E-state index >= 15 is 0 Å². The van der Waals surface area contributed by atoms with Crippen LogP contribution in [-0.2, 0) is 0 Å². The highest BCUT2D eigenvalue weighted by atomic mass is 19.1. The molecule has 0 aliphatic rings. The highest BCUT2D eigenvalue weighted by Gasteiger charge is 2.15. The first-order valence-electron chi connectivity index (χ1n) is 6.01. The predicted molar refractivity (Wildman–Crippen MR) is 72.4 cm³/mol. The maximum atomic E-state index is 13.7. The summed E-state index contributed by atoms with van der Waals surface area (Å²) in [5.41, 5.74) is 1.14. The van der Waals surface area contributed by atoms with E-state index in [2.05, 4.69) is 0 Å². The van der Waals surface area contributed by atoms with Crippen molar-refractivity contribution < 1.29 is 13.9 Å². The highest BCUT2D eigenvalue weighted by molar-refractivity contribution is 5.97. The number of rotatable bonds is 3. The minimum atomic E-state index is -0.621. The van der Waals surface area contributed by atoms with Crippen LogP contribution in [0.2, 0.25) is 0 Å². The van der Waals surface area contributed by atoms with E-state index in [9.17, 15) is 9.18 Å². The Hall–Kier alpha value is -2.67. The van der Waals surface area contributed by atoms with Gasteiger partial charge in [-0.05, 0) is 43.7 Å². The fraction of sp³-hybridized carbons (Fsp3) is 0.125. The van der Waals surface area contributed by atoms with Gasteiger partial charge in [-0.25, -0.2) is 4.39 Å². The van der Waals surface area contributed by atoms with Crippen LogP contribution in [-0.4, -0.2) is 5.78 Å². The summed E-state index contributed by atoms with van der Waals surface area (Å²) in [4.78, 5) is 11.5. The molecule has 0 unspecified atom stereocenters. The lowest BCUT2D eigenvalue weighted by Crippen LogP contribution is -2.01. The van der Waals surface area contributed by atoms with Gasteiger partial charge in [0.05, 0.1) is 17.2 Å². The molecule has 3 nitrogen and oxygen atoms in total. The van der Waals surface area contributed by atoms with Gasteiger partial charge < -0.3 is 4.74 Å². The molecule has 2 aromatic carbocycles. The average Bonchev–Trinajstić information content (AvgIpc) is 2.41. The Morgan fingerprint density at radius 2 is 2.00 bits per heavy atom. The third-order valence-corrected chi connectivity index (χ3v) is 2.86. The summed E-state index contributed by atoms with van der Waals surface area (Å²) in [7, 11) is 0. The summed E-state index contributed by atoms with van der Waals surface area (Å²) < 4.78 is 19.3. The van der Waals surface area contributed by atoms with Crippen LogP contribution in [0.25, 0.3) is 0 Å². The molecule has 0 radical (unpaired) electrons. The second-order valence-corrected chi connectivity index (χ2v) is 4.36. The average molecular weight is 269 g/mol. The summed E-state index contributed by atoms with van der Waals surface area (Å²) in [6.45, 7) is 3.09. The topological polar surface area (TPSA) is 50.1 Å². The molecule has 0 bridgehead atoms. The van der Waals surface area contributed by atoms with Crippen LogP contribution >= 0.6 is 0 Å². The van der Waals surface area contributed by atoms with Crippen LogP contribution in [0.5, 0.6) is 11.5 Å². The number of nitrogens with zero attached hydrogens (tertiary/aromatic N) is 1. The molecule has 0 amide bonds. The first kappa shape index (κ1) is 13.8. The Balaban J connectivity index is 2.48. The smallest absolute Gasteiger partial charge is 0.166 e. The van der Waals surface area contributed by atoms with Gasteiger partial charge in [-0.1, -0.05) is 12.1 Å². The van der Waals surface area contributed by atoms with Crippen molar-refractivity contribution in [2.45, 2.75) is 13.8 Å². The van der Waals surface area contributed by atoms with Gasteiger partial charge in [-0.2, -0.15) is 5.26 Å². The molecule has 2 rings (SSSR count). The zero-order valence-electron chi connectivity index (χ0n) is 11.1. The summed E-state index contributed by atoms with van der Waals surface area (Å²) in [6.07, 6.45) is 0. The molecule has 0 saturated heterocycles. The van der Waals surface area contributed by atoms with Crippen LogP contribution in [0.1, 0.15) is 28.4 Å². The molecule has 0 heterocycles. The molecular formula is C16H12FNO2. The Morgan fingerprint density at radius 3 is 2.65 bits per heavy atom. The zero-order chi connectivity index (χ0) is 14.7. The van der Waals surface area contributed by atoms with Gasteiger partial charge in [0, 0.05) is 0 Å². The number of ether oxygens (including phenoxy) is 1. The van der Waals surface area contributed by atoms with Crippen LogP contribution in [0, 0.1) is 24.1 Å². The number of hydrogen-bond acceptors (Lipinski definition) is 3. The van der Waals surface area contributed by atoms with Crippen LogP contribution in [0.3, 0.4) is 0 Å². The number of nitriles is 1. The normalized spacial score (nSPS) is 9.90. The van der Waals surface area contributed by atoms with E-state index in [-0.39, 0.29) is 11.3 Å². The van der Waals surface area contributed by atoms with Gasteiger partial charge in [0.15, 0.2) is 5.78 Å². The van der Waals surface area contributed by atoms with Crippen molar-refractivity contribution in [1.29, 1.82) is 5.26 Å². The number of carbonyl (C=O) groups excluding carboxylic acids is 1. The summed E-state index contributed by atoms with van der Waals surface area (Å²) in [6, 6.07) is 11.2. The highest BCUT2D eigenvalue weighted by Crippen LogP contribution is 2.30. The van der Waals surface area contributed by atoms with Gasteiger partial charge in [-0.3, -0.25) is 4.79 Å². The molecular weight excluding hydrogens is 257 g/mol. The Labute approximate surface area is 116 Å². The Kier molecular flexibility index (Phi) is 3.81. The maximum Gasteiger partial charge on any atom is 0.166 e. The number of hydrogen-bond donors (Lipinski definition) is 0. The Bertz CT molecular complexity index is 717. The molecule has 0 aromatic heterocycles. The summed E-state index contributed by atoms with van der Waals surface area (Å²) in [5.74, 6) is -0.455. The van der Waals surface area contributed by atoms with Gasteiger partial charge in [0.25, 0.3) is 0 Å². The van der Waals surface area contributed by atoms with E-state index in [1.54, 1.807) is 18.2 Å². The molecule has 100 valence electrons. The molecule has 4 heteroatoms. The fourth-order valence-corrected chi connectivity index (χ4v) is 1.83. The standard InChI is InChI=1S/C16H12FNO2/c1-10-6-7-12(9-18)8-15(10)20-14-5-3-4-13(17)16(14)11(2)19/h3-8H,1-2H3. The number of aryl methyl sites for hydroxylation is 1. The van der Waals surface area contributed by atoms with Crippen LogP contribution in [0.4, 0.5) is 4.39 Å². The van der Waals surface area contributed by atoms with E-state index in [0.29, 0.717) is 11.3 Å². The lowest BCUT2D eigenvalue weighted by molar-refractivity contribution is 0.101. The van der Waals surface area contributed by atoms with Crippen molar-refractivity contribution >= 4 is 5.78 Å². The maximum absolute atomic E-state index is 13.7. The SMILES string of the molecule is CC(=O)c1c(F)cccc1Oc1cc(C#N)ccc1C. The van der Waals surface area contributed by atoms with Crippen LogP contribution < -0.4 is 4.74 Å². The number of halogens is 1. The largest absolute Gasteiger partial charge is 0.456 e. The van der Waals surface area contributed by atoms with Gasteiger partial charge >= 0.3 is 0 Å². The van der Waals surface area contributed by atoms with Gasteiger partial charge in [-0.15, -0.1) is 0 Å². The molecule has 0 spiro atoms. The van der Waals surface area contributed by atoms with E-state index in [4.69, 9.17) is 10.00 Å². The van der Waals surface area contributed by atoms with Gasteiger partial charge in [0.1, 0.15) is 17.3 Å². The first-order chi connectivity index (χ1) is 9.52. The number of carbonyl (C=O) groups is 1. The molecule has 0 aliphatic carbocycles. The predicted octanol–water partition coefficient (Wildman–Crippen LogP) is 4.00. The zero-order valence-corrected chi connectivity index (χ0v) is 11.1. The number of Topliss-reactive ketones (excluding diaryl/α,β-unsaturated/α-hetero) is 1. The van der Waals surface area contributed by atoms with Crippen molar-refractivity contribution in [1.82, 2.24) is 0 Å². The molecule has 0 atom stereocenters. The molecule has 2 aromatic rings. The number of ketones is 1. The number of benzene rings is 2. The Morgan fingerprint density at radius 1 is 1.25 bits per heavy atom. The van der Waals surface area contributed by atoms with Crippen molar-refractivity contribution in [2.24, 2.45) is 0 Å². The molecule has 0 fully saturated rings. The van der Waals surface area contributed by atoms with Gasteiger partial charge in [0.2, 0.25) is 0 Å². The third kappa shape index (κ3) is 2.67. The third-order valence-electron chi connectivity index (χ3n) is 2.86. The molecule has 0 N–H and O–H groups in total. The van der Waals surface area contributed by atoms with Crippen molar-refractivity contribution in [3.8, 4) is 17.6 Å². The quantitative estimate of drug-likeness (QED) is 0.791. The second kappa shape index (κ2) is 5.54. The van der Waals surface area contributed by atoms with Crippen molar-refractivity contribution in [3.63, 3.8) is 0 Å². The van der Waals surface area contributed by atoms with E-state index < -0.39 is 11.6 Å². The van der Waals surface area contributed by atoms with E-state index in [0.717, 1.165) is 5.56 Å². The van der Waals surface area contributed by atoms with E-state index in [1.165, 1.54) is 25.1 Å².